The van der Waals surface area contributed by atoms with E-state index >= 15 is 0 Å². The molecule has 0 unspecified atom stereocenters. The van der Waals surface area contributed by atoms with Crippen LogP contribution in [-0.4, -0.2) is 16.3 Å². The molecule has 51 valence electrons. The summed E-state index contributed by atoms with van der Waals surface area (Å²) in [5, 5.41) is 0.0872. The first-order chi connectivity index (χ1) is 4.72. The second kappa shape index (κ2) is 2.94. The van der Waals surface area contributed by atoms with Crippen LogP contribution in [0, 0.1) is 0 Å². The van der Waals surface area contributed by atoms with Crippen LogP contribution >= 0.6 is 23.2 Å². The van der Waals surface area contributed by atoms with Crippen LogP contribution in [0.4, 0.5) is 0 Å². The van der Waals surface area contributed by atoms with Crippen LogP contribution < -0.4 is 0 Å². The molecule has 0 aliphatic heterocycles. The van der Waals surface area contributed by atoms with E-state index in [4.69, 9.17) is 23.2 Å². The number of rotatable bonds is 1. The van der Waals surface area contributed by atoms with Crippen molar-refractivity contribution in [2.75, 3.05) is 0 Å². The summed E-state index contributed by atoms with van der Waals surface area (Å²) < 4.78 is 0. The molecule has 0 N–H and O–H groups in total. The molecule has 1 radical (unpaired) electrons. The molecule has 0 aromatic carbocycles. The Morgan fingerprint density at radius 3 is 2.60 bits per heavy atom. The predicted molar refractivity (Wildman–Crippen MR) is 36.8 cm³/mol. The number of hydrogen-bond donors (Lipinski definition) is 0. The molecule has 1 aromatic rings. The highest BCUT2D eigenvalue weighted by Crippen LogP contribution is 2.08. The molecule has 0 fully saturated rings. The highest BCUT2D eigenvalue weighted by Gasteiger charge is 1.98. The van der Waals surface area contributed by atoms with E-state index in [0.29, 0.717) is 0 Å². The number of hydrogen-bond acceptors (Lipinski definition) is 3. The van der Waals surface area contributed by atoms with E-state index in [1.165, 1.54) is 12.4 Å². The molecule has 10 heavy (non-hydrogen) atoms. The Morgan fingerprint density at radius 2 is 2.10 bits per heavy atom. The van der Waals surface area contributed by atoms with Gasteiger partial charge in [-0.3, -0.25) is 4.79 Å². The lowest BCUT2D eigenvalue weighted by atomic mass is 10.4. The Bertz CT molecular complexity index is 244. The lowest BCUT2D eigenvalue weighted by molar-refractivity contribution is 0.561. The van der Waals surface area contributed by atoms with Gasteiger partial charge >= 0.3 is 0 Å². The number of nitrogens with zero attached hydrogens (tertiary/aromatic N) is 2. The minimum Gasteiger partial charge on any atom is -0.283 e. The Balaban J connectivity index is 3.18. The molecule has 0 bridgehead atoms. The lowest BCUT2D eigenvalue weighted by Gasteiger charge is -1.90. The Morgan fingerprint density at radius 1 is 1.40 bits per heavy atom. The zero-order chi connectivity index (χ0) is 7.56. The van der Waals surface area contributed by atoms with Crippen molar-refractivity contribution >= 4 is 29.5 Å². The lowest BCUT2D eigenvalue weighted by Crippen LogP contribution is -1.90. The zero-order valence-corrected chi connectivity index (χ0v) is 6.15. The van der Waals surface area contributed by atoms with Crippen molar-refractivity contribution < 1.29 is 4.79 Å². The molecule has 1 aromatic heterocycles. The zero-order valence-electron chi connectivity index (χ0n) is 4.64. The van der Waals surface area contributed by atoms with Crippen molar-refractivity contribution in [2.24, 2.45) is 0 Å². The molecule has 0 spiro atoms. The summed E-state index contributed by atoms with van der Waals surface area (Å²) in [7, 11) is 0. The van der Waals surface area contributed by atoms with E-state index in [2.05, 4.69) is 9.97 Å². The minimum absolute atomic E-state index is 0.0501. The van der Waals surface area contributed by atoms with Crippen LogP contribution in [0.3, 0.4) is 0 Å². The van der Waals surface area contributed by atoms with Gasteiger partial charge in [0.2, 0.25) is 5.28 Å². The van der Waals surface area contributed by atoms with Gasteiger partial charge in [-0.15, -0.1) is 0 Å². The van der Waals surface area contributed by atoms with Gasteiger partial charge in [0, 0.05) is 6.07 Å². The van der Waals surface area contributed by atoms with Gasteiger partial charge in [-0.1, -0.05) is 11.6 Å². The quantitative estimate of drug-likeness (QED) is 0.477. The largest absolute Gasteiger partial charge is 0.283 e. The van der Waals surface area contributed by atoms with E-state index in [1.54, 1.807) is 0 Å². The fourth-order valence-electron chi connectivity index (χ4n) is 0.442. The third-order valence-electron chi connectivity index (χ3n) is 0.772. The molecule has 0 aliphatic carbocycles. The molecule has 0 saturated carbocycles. The normalized spacial score (nSPS) is 9.40. The van der Waals surface area contributed by atoms with E-state index in [9.17, 15) is 4.79 Å². The summed E-state index contributed by atoms with van der Waals surface area (Å²) in [5.41, 5.74) is 0.0602. The average Bonchev–Trinajstić information content (AvgIpc) is 1.85. The Hall–Kier alpha value is -0.670. The maximum atomic E-state index is 9.98. The number of carbonyl (C=O) groups excluding carboxylic acids is 1. The molecule has 1 heterocycles. The molecule has 3 nitrogen and oxygen atoms in total. The van der Waals surface area contributed by atoms with Gasteiger partial charge in [-0.05, 0) is 11.6 Å². The average molecular weight is 176 g/mol. The molecule has 0 saturated heterocycles. The van der Waals surface area contributed by atoms with E-state index < -0.39 is 0 Å². The second-order valence-electron chi connectivity index (χ2n) is 1.45. The first-order valence-electron chi connectivity index (χ1n) is 2.30. The topological polar surface area (TPSA) is 42.9 Å². The maximum absolute atomic E-state index is 9.98. The van der Waals surface area contributed by atoms with Gasteiger partial charge in [0.1, 0.15) is 10.8 Å². The summed E-state index contributed by atoms with van der Waals surface area (Å²) >= 11 is 10.8. The summed E-state index contributed by atoms with van der Waals surface area (Å²) in [5.74, 6) is 0. The Labute approximate surface area is 67.0 Å². The third kappa shape index (κ3) is 1.65. The van der Waals surface area contributed by atoms with Crippen molar-refractivity contribution in [1.29, 1.82) is 0 Å². The van der Waals surface area contributed by atoms with E-state index in [-0.39, 0.29) is 16.1 Å². The van der Waals surface area contributed by atoms with Gasteiger partial charge in [0.25, 0.3) is 6.29 Å². The molecule has 1 rings (SSSR count). The smallest absolute Gasteiger partial charge is 0.253 e. The highest BCUT2D eigenvalue weighted by molar-refractivity contribution is 6.32. The summed E-state index contributed by atoms with van der Waals surface area (Å²) in [4.78, 5) is 17.0. The Kier molecular flexibility index (Phi) is 2.19. The molecule has 0 atom stereocenters. The summed E-state index contributed by atoms with van der Waals surface area (Å²) in [6.07, 6.45) is 1.54. The van der Waals surface area contributed by atoms with E-state index in [1.807, 2.05) is 0 Å². The fraction of sp³-hybridized carbons (Fsp3) is 0. The summed E-state index contributed by atoms with van der Waals surface area (Å²) in [6.45, 7) is 0. The first kappa shape index (κ1) is 7.44. The van der Waals surface area contributed by atoms with Crippen molar-refractivity contribution in [3.05, 3.63) is 22.2 Å². The monoisotopic (exact) mass is 175 g/mol. The van der Waals surface area contributed by atoms with Crippen LogP contribution in [0.25, 0.3) is 0 Å². The van der Waals surface area contributed by atoms with Gasteiger partial charge < -0.3 is 0 Å². The van der Waals surface area contributed by atoms with Crippen LogP contribution in [0.2, 0.25) is 10.4 Å². The van der Waals surface area contributed by atoms with Crippen molar-refractivity contribution in [1.82, 2.24) is 9.97 Å². The standard InChI is InChI=1S/C5HCl2N2O/c6-4-1-3(2-10)8-5(7)9-4/h1H. The third-order valence-corrected chi connectivity index (χ3v) is 1.13. The van der Waals surface area contributed by atoms with Crippen LogP contribution in [0.15, 0.2) is 6.07 Å². The van der Waals surface area contributed by atoms with E-state index in [0.717, 1.165) is 0 Å². The molecule has 5 heteroatoms. The van der Waals surface area contributed by atoms with Gasteiger partial charge in [-0.25, -0.2) is 9.97 Å². The molecular weight excluding hydrogens is 175 g/mol. The van der Waals surface area contributed by atoms with Crippen molar-refractivity contribution in [3.8, 4) is 0 Å². The van der Waals surface area contributed by atoms with Crippen LogP contribution in [0.5, 0.6) is 0 Å². The van der Waals surface area contributed by atoms with Crippen molar-refractivity contribution in [3.63, 3.8) is 0 Å². The van der Waals surface area contributed by atoms with Gasteiger partial charge in [0.15, 0.2) is 0 Å². The highest BCUT2D eigenvalue weighted by atomic mass is 35.5. The van der Waals surface area contributed by atoms with Crippen LogP contribution in [-0.2, 0) is 4.79 Å². The van der Waals surface area contributed by atoms with Gasteiger partial charge in [0.05, 0.1) is 0 Å². The summed E-state index contributed by atoms with van der Waals surface area (Å²) in [6, 6.07) is 1.28. The second-order valence-corrected chi connectivity index (χ2v) is 2.17. The number of aromatic nitrogens is 2. The van der Waals surface area contributed by atoms with Gasteiger partial charge in [-0.2, -0.15) is 0 Å². The molecule has 0 amide bonds. The minimum atomic E-state index is -0.0501. The first-order valence-corrected chi connectivity index (χ1v) is 3.06. The molecule has 0 aliphatic rings. The molecular formula is C5HCl2N2O. The van der Waals surface area contributed by atoms with Crippen LogP contribution in [0.1, 0.15) is 5.69 Å². The maximum Gasteiger partial charge on any atom is 0.253 e. The predicted octanol–water partition coefficient (Wildman–Crippen LogP) is 1.24. The fourth-order valence-corrected chi connectivity index (χ4v) is 0.851. The number of halogens is 2. The SMILES string of the molecule is O=[C]c1cc(Cl)nc(Cl)n1. The van der Waals surface area contributed by atoms with Crippen molar-refractivity contribution in [2.45, 2.75) is 0 Å².